The molecule has 1 aromatic carbocycles. The Morgan fingerprint density at radius 3 is 2.40 bits per heavy atom. The summed E-state index contributed by atoms with van der Waals surface area (Å²) in [6, 6.07) is 6.25. The van der Waals surface area contributed by atoms with Gasteiger partial charge in [-0.05, 0) is 67.9 Å². The molecule has 0 spiro atoms. The van der Waals surface area contributed by atoms with E-state index in [4.69, 9.17) is 18.4 Å². The smallest absolute Gasteiger partial charge is 0.303 e. The summed E-state index contributed by atoms with van der Waals surface area (Å²) in [6.07, 6.45) is 10.5. The van der Waals surface area contributed by atoms with Crippen LogP contribution in [0, 0.1) is 12.8 Å². The Hall–Kier alpha value is -2.14. The molecular formula is C30H42O8S2. The van der Waals surface area contributed by atoms with Crippen molar-refractivity contribution in [2.24, 2.45) is 5.92 Å². The Bertz CT molecular complexity index is 1220. The number of hydrogen-bond acceptors (Lipinski definition) is 9. The van der Waals surface area contributed by atoms with Crippen molar-refractivity contribution >= 4 is 33.8 Å². The molecule has 2 unspecified atom stereocenters. The minimum Gasteiger partial charge on any atom is -0.459 e. The molecule has 1 aliphatic heterocycles. The second-order valence-electron chi connectivity index (χ2n) is 10.7. The van der Waals surface area contributed by atoms with E-state index in [1.54, 1.807) is 0 Å². The number of aryl methyl sites for hydroxylation is 1. The highest BCUT2D eigenvalue weighted by molar-refractivity contribution is 7.99. The molecule has 5 atom stereocenters. The Balaban J connectivity index is 1.73. The number of unbranched alkanes of at least 4 members (excludes halogenated alkanes) is 1. The van der Waals surface area contributed by atoms with E-state index in [0.717, 1.165) is 37.5 Å². The quantitative estimate of drug-likeness (QED) is 0.174. The monoisotopic (exact) mass is 594 g/mol. The van der Waals surface area contributed by atoms with Gasteiger partial charge in [-0.2, -0.15) is 8.42 Å². The van der Waals surface area contributed by atoms with Crippen LogP contribution >= 0.6 is 11.8 Å². The van der Waals surface area contributed by atoms with Gasteiger partial charge in [0.05, 0.1) is 12.9 Å². The molecule has 0 radical (unpaired) electrons. The molecular weight excluding hydrogens is 552 g/mol. The molecule has 0 N–H and O–H groups in total. The molecule has 222 valence electrons. The van der Waals surface area contributed by atoms with Crippen LogP contribution in [0.5, 0.6) is 0 Å². The minimum atomic E-state index is -3.38. The van der Waals surface area contributed by atoms with Crippen LogP contribution in [0.4, 0.5) is 0 Å². The predicted molar refractivity (Wildman–Crippen MR) is 156 cm³/mol. The zero-order valence-corrected chi connectivity index (χ0v) is 25.9. The molecule has 1 saturated heterocycles. The summed E-state index contributed by atoms with van der Waals surface area (Å²) in [5, 5.41) is 0. The fraction of sp³-hybridized carbons (Fsp3) is 0.600. The SMILES string of the molecule is CS[C@H]1O[C@@H](c2ccc(C)c(CC3=CC=C(CCCCOS(C)(=O)=O)CC3C)c2)[C@H](OC(C)=O)CC1OC(C)=O. The first-order valence-electron chi connectivity index (χ1n) is 13.7. The average Bonchev–Trinajstić information content (AvgIpc) is 2.85. The van der Waals surface area contributed by atoms with Crippen LogP contribution in [0.3, 0.4) is 0 Å². The normalized spacial score (nSPS) is 25.1. The van der Waals surface area contributed by atoms with Crippen molar-refractivity contribution in [1.29, 1.82) is 0 Å². The van der Waals surface area contributed by atoms with Gasteiger partial charge in [0.15, 0.2) is 0 Å². The summed E-state index contributed by atoms with van der Waals surface area (Å²) >= 11 is 1.47. The van der Waals surface area contributed by atoms with Crippen LogP contribution in [-0.4, -0.2) is 57.1 Å². The zero-order chi connectivity index (χ0) is 29.4. The molecule has 1 aromatic rings. The van der Waals surface area contributed by atoms with Crippen molar-refractivity contribution in [3.05, 3.63) is 58.2 Å². The lowest BCUT2D eigenvalue weighted by atomic mass is 9.82. The molecule has 2 aliphatic rings. The predicted octanol–water partition coefficient (Wildman–Crippen LogP) is 5.59. The van der Waals surface area contributed by atoms with Gasteiger partial charge < -0.3 is 14.2 Å². The summed E-state index contributed by atoms with van der Waals surface area (Å²) in [5.74, 6) is -0.402. The molecule has 10 heteroatoms. The zero-order valence-electron chi connectivity index (χ0n) is 24.3. The van der Waals surface area contributed by atoms with Crippen molar-refractivity contribution < 1.29 is 36.4 Å². The third-order valence-electron chi connectivity index (χ3n) is 7.27. The fourth-order valence-corrected chi connectivity index (χ4v) is 6.39. The van der Waals surface area contributed by atoms with Crippen LogP contribution in [0.25, 0.3) is 0 Å². The number of esters is 2. The van der Waals surface area contributed by atoms with Crippen LogP contribution in [0.1, 0.15) is 75.7 Å². The van der Waals surface area contributed by atoms with Gasteiger partial charge in [-0.15, -0.1) is 11.8 Å². The van der Waals surface area contributed by atoms with Crippen LogP contribution < -0.4 is 0 Å². The summed E-state index contributed by atoms with van der Waals surface area (Å²) in [4.78, 5) is 23.6. The largest absolute Gasteiger partial charge is 0.459 e. The van der Waals surface area contributed by atoms with Gasteiger partial charge in [-0.3, -0.25) is 13.8 Å². The van der Waals surface area contributed by atoms with Crippen LogP contribution in [-0.2, 0) is 44.5 Å². The molecule has 40 heavy (non-hydrogen) atoms. The van der Waals surface area contributed by atoms with Gasteiger partial charge in [0, 0.05) is 20.3 Å². The molecule has 8 nitrogen and oxygen atoms in total. The van der Waals surface area contributed by atoms with Gasteiger partial charge in [0.2, 0.25) is 0 Å². The van der Waals surface area contributed by atoms with Crippen LogP contribution in [0.2, 0.25) is 0 Å². The van der Waals surface area contributed by atoms with Crippen LogP contribution in [0.15, 0.2) is 41.5 Å². The van der Waals surface area contributed by atoms with E-state index in [1.165, 1.54) is 47.9 Å². The number of carbonyl (C=O) groups is 2. The van der Waals surface area contributed by atoms with E-state index in [2.05, 4.69) is 38.1 Å². The van der Waals surface area contributed by atoms with Gasteiger partial charge >= 0.3 is 11.9 Å². The van der Waals surface area contributed by atoms with Crippen molar-refractivity contribution in [3.63, 3.8) is 0 Å². The molecule has 0 bridgehead atoms. The van der Waals surface area contributed by atoms with Gasteiger partial charge in [-0.25, -0.2) is 0 Å². The molecule has 0 amide bonds. The van der Waals surface area contributed by atoms with Gasteiger partial charge in [-0.1, -0.05) is 48.4 Å². The van der Waals surface area contributed by atoms with E-state index >= 15 is 0 Å². The average molecular weight is 595 g/mol. The summed E-state index contributed by atoms with van der Waals surface area (Å²) in [5.41, 5.74) is 5.65. The molecule has 0 saturated carbocycles. The Labute approximate surface area is 243 Å². The van der Waals surface area contributed by atoms with Gasteiger partial charge in [0.25, 0.3) is 10.1 Å². The lowest BCUT2D eigenvalue weighted by Gasteiger charge is -2.40. The van der Waals surface area contributed by atoms with E-state index in [1.807, 2.05) is 12.3 Å². The highest BCUT2D eigenvalue weighted by Crippen LogP contribution is 2.39. The number of carbonyl (C=O) groups excluding carboxylic acids is 2. The Kier molecular flexibility index (Phi) is 11.9. The Morgan fingerprint density at radius 1 is 1.07 bits per heavy atom. The number of thioether (sulfide) groups is 1. The first-order valence-corrected chi connectivity index (χ1v) is 16.8. The molecule has 1 fully saturated rings. The molecule has 0 aromatic heterocycles. The summed E-state index contributed by atoms with van der Waals surface area (Å²) in [6.45, 7) is 7.31. The Morgan fingerprint density at radius 2 is 1.77 bits per heavy atom. The van der Waals surface area contributed by atoms with E-state index < -0.39 is 40.4 Å². The minimum absolute atomic E-state index is 0.226. The van der Waals surface area contributed by atoms with Gasteiger partial charge in [0.1, 0.15) is 23.7 Å². The second kappa shape index (κ2) is 14.7. The second-order valence-corrected chi connectivity index (χ2v) is 13.3. The summed E-state index contributed by atoms with van der Waals surface area (Å²) in [7, 11) is -3.38. The number of ether oxygens (including phenoxy) is 3. The lowest BCUT2D eigenvalue weighted by molar-refractivity contribution is -0.188. The molecule has 1 heterocycles. The number of allylic oxidation sites excluding steroid dienone is 4. The first kappa shape index (κ1) is 32.4. The maximum Gasteiger partial charge on any atom is 0.303 e. The van der Waals surface area contributed by atoms with E-state index in [9.17, 15) is 18.0 Å². The fourth-order valence-electron chi connectivity index (χ4n) is 5.27. The number of hydrogen-bond donors (Lipinski definition) is 0. The summed E-state index contributed by atoms with van der Waals surface area (Å²) < 4.78 is 44.6. The number of benzene rings is 1. The first-order chi connectivity index (χ1) is 18.9. The molecule has 1 aliphatic carbocycles. The van der Waals surface area contributed by atoms with Crippen molar-refractivity contribution in [1.82, 2.24) is 0 Å². The third kappa shape index (κ3) is 9.75. The number of rotatable bonds is 12. The van der Waals surface area contributed by atoms with E-state index in [-0.39, 0.29) is 12.0 Å². The topological polar surface area (TPSA) is 105 Å². The van der Waals surface area contributed by atoms with Crippen molar-refractivity contribution in [2.45, 2.75) is 90.0 Å². The van der Waals surface area contributed by atoms with Crippen molar-refractivity contribution in [2.75, 3.05) is 19.1 Å². The standard InChI is InChI=1S/C30H42O8S2/c1-19-10-12-25(29-27(36-21(3)31)18-28(37-22(4)32)30(38-29)39-5)17-26(19)16-24-13-11-23(15-20(24)2)9-7-8-14-35-40(6,33)34/h10-13,17,20,27-30H,7-9,14-16,18H2,1-6H3/t20?,27-,28?,29+,30-/m1/s1. The maximum absolute atomic E-state index is 11.9. The molecule has 3 rings (SSSR count). The maximum atomic E-state index is 11.9. The third-order valence-corrected chi connectivity index (χ3v) is 8.75. The lowest BCUT2D eigenvalue weighted by Crippen LogP contribution is -2.45. The highest BCUT2D eigenvalue weighted by atomic mass is 32.2. The highest BCUT2D eigenvalue weighted by Gasteiger charge is 2.42. The van der Waals surface area contributed by atoms with Crippen molar-refractivity contribution in [3.8, 4) is 0 Å². The van der Waals surface area contributed by atoms with E-state index in [0.29, 0.717) is 18.8 Å².